The highest BCUT2D eigenvalue weighted by Gasteiger charge is 2.00. The van der Waals surface area contributed by atoms with Crippen LogP contribution >= 0.6 is 0 Å². The van der Waals surface area contributed by atoms with Crippen molar-refractivity contribution in [2.24, 2.45) is 0 Å². The Balaban J connectivity index is 2.03. The summed E-state index contributed by atoms with van der Waals surface area (Å²) in [5, 5.41) is 0. The molecule has 0 unspecified atom stereocenters. The fourth-order valence-electron chi connectivity index (χ4n) is 1.48. The van der Waals surface area contributed by atoms with Crippen molar-refractivity contribution in [3.63, 3.8) is 0 Å². The minimum absolute atomic E-state index is 0.135. The van der Waals surface area contributed by atoms with E-state index in [9.17, 15) is 4.39 Å². The normalized spacial score (nSPS) is 10.2. The number of benzene rings is 2. The lowest BCUT2D eigenvalue weighted by Gasteiger charge is -2.02. The molecule has 0 nitrogen and oxygen atoms in total. The second-order valence-electron chi connectivity index (χ2n) is 3.41. The summed E-state index contributed by atoms with van der Waals surface area (Å²) in [6.45, 7) is 0. The van der Waals surface area contributed by atoms with Crippen LogP contribution in [0.5, 0.6) is 0 Å². The van der Waals surface area contributed by atoms with Crippen LogP contribution in [-0.2, 0) is 6.42 Å². The summed E-state index contributed by atoms with van der Waals surface area (Å²) in [6.07, 6.45) is 2.66. The Morgan fingerprint density at radius 2 is 1.53 bits per heavy atom. The fourth-order valence-corrected chi connectivity index (χ4v) is 1.48. The molecule has 0 atom stereocenters. The zero-order valence-corrected chi connectivity index (χ0v) is 8.36. The standard InChI is InChI=1S/C14H12F/c15-14-9-5-4-8-13(14)11-10-12-6-2-1-3-7-12/h1-10H,11H2. The maximum absolute atomic E-state index is 13.3. The first-order chi connectivity index (χ1) is 7.36. The molecular weight excluding hydrogens is 187 g/mol. The molecule has 1 heteroatoms. The maximum atomic E-state index is 13.3. The third kappa shape index (κ3) is 2.66. The third-order valence-electron chi connectivity index (χ3n) is 2.32. The highest BCUT2D eigenvalue weighted by molar-refractivity contribution is 5.27. The van der Waals surface area contributed by atoms with Crippen LogP contribution in [-0.4, -0.2) is 0 Å². The van der Waals surface area contributed by atoms with Crippen molar-refractivity contribution < 1.29 is 4.39 Å². The molecule has 0 amide bonds. The van der Waals surface area contributed by atoms with Crippen molar-refractivity contribution in [2.45, 2.75) is 6.42 Å². The van der Waals surface area contributed by atoms with Crippen LogP contribution in [0.1, 0.15) is 11.1 Å². The first kappa shape index (κ1) is 9.91. The molecule has 15 heavy (non-hydrogen) atoms. The molecule has 0 aliphatic heterocycles. The summed E-state index contributed by atoms with van der Waals surface area (Å²) in [5.41, 5.74) is 1.86. The van der Waals surface area contributed by atoms with Gasteiger partial charge in [0.2, 0.25) is 0 Å². The van der Waals surface area contributed by atoms with E-state index in [-0.39, 0.29) is 5.82 Å². The van der Waals surface area contributed by atoms with Gasteiger partial charge in [-0.15, -0.1) is 0 Å². The van der Waals surface area contributed by atoms with E-state index in [1.54, 1.807) is 6.07 Å². The van der Waals surface area contributed by atoms with Crippen LogP contribution in [0.3, 0.4) is 0 Å². The Kier molecular flexibility index (Phi) is 3.13. The number of rotatable bonds is 3. The van der Waals surface area contributed by atoms with Crippen LogP contribution in [0.2, 0.25) is 0 Å². The van der Waals surface area contributed by atoms with E-state index in [1.807, 2.05) is 48.9 Å². The first-order valence-electron chi connectivity index (χ1n) is 4.98. The summed E-state index contributed by atoms with van der Waals surface area (Å²) >= 11 is 0. The van der Waals surface area contributed by atoms with E-state index in [0.29, 0.717) is 6.42 Å². The molecule has 0 bridgehead atoms. The monoisotopic (exact) mass is 199 g/mol. The van der Waals surface area contributed by atoms with Crippen LogP contribution < -0.4 is 0 Å². The predicted octanol–water partition coefficient (Wildman–Crippen LogP) is 3.62. The van der Waals surface area contributed by atoms with Gasteiger partial charge in [0.25, 0.3) is 0 Å². The van der Waals surface area contributed by atoms with E-state index >= 15 is 0 Å². The van der Waals surface area contributed by atoms with Crippen LogP contribution in [0.4, 0.5) is 4.39 Å². The molecule has 0 heterocycles. The van der Waals surface area contributed by atoms with E-state index in [0.717, 1.165) is 11.1 Å². The summed E-state index contributed by atoms with van der Waals surface area (Å²) in [7, 11) is 0. The Hall–Kier alpha value is -1.63. The average molecular weight is 199 g/mol. The number of hydrogen-bond donors (Lipinski definition) is 0. The van der Waals surface area contributed by atoms with Crippen LogP contribution in [0.15, 0.2) is 54.6 Å². The SMILES string of the molecule is Fc1ccccc1C[CH]c1ccccc1. The van der Waals surface area contributed by atoms with Gasteiger partial charge in [-0.05, 0) is 30.0 Å². The topological polar surface area (TPSA) is 0 Å². The summed E-state index contributed by atoms with van der Waals surface area (Å²) < 4.78 is 13.3. The Morgan fingerprint density at radius 1 is 0.867 bits per heavy atom. The van der Waals surface area contributed by atoms with Crippen LogP contribution in [0, 0.1) is 12.2 Å². The smallest absolute Gasteiger partial charge is 0.126 e. The quantitative estimate of drug-likeness (QED) is 0.708. The molecule has 75 valence electrons. The minimum Gasteiger partial charge on any atom is -0.207 e. The van der Waals surface area contributed by atoms with Crippen molar-refractivity contribution in [2.75, 3.05) is 0 Å². The molecule has 0 spiro atoms. The zero-order valence-electron chi connectivity index (χ0n) is 8.36. The van der Waals surface area contributed by atoms with E-state index < -0.39 is 0 Å². The van der Waals surface area contributed by atoms with Crippen molar-refractivity contribution in [1.82, 2.24) is 0 Å². The molecule has 2 rings (SSSR count). The van der Waals surface area contributed by atoms with Gasteiger partial charge in [-0.25, -0.2) is 4.39 Å². The Morgan fingerprint density at radius 3 is 2.27 bits per heavy atom. The molecule has 0 fully saturated rings. The molecule has 2 aromatic carbocycles. The summed E-state index contributed by atoms with van der Waals surface area (Å²) in [4.78, 5) is 0. The second-order valence-corrected chi connectivity index (χ2v) is 3.41. The third-order valence-corrected chi connectivity index (χ3v) is 2.32. The van der Waals surface area contributed by atoms with E-state index in [1.165, 1.54) is 6.07 Å². The predicted molar refractivity (Wildman–Crippen MR) is 59.9 cm³/mol. The Bertz CT molecular complexity index is 420. The van der Waals surface area contributed by atoms with Gasteiger partial charge < -0.3 is 0 Å². The van der Waals surface area contributed by atoms with Gasteiger partial charge in [-0.3, -0.25) is 0 Å². The van der Waals surface area contributed by atoms with Gasteiger partial charge in [-0.1, -0.05) is 48.5 Å². The lowest BCUT2D eigenvalue weighted by atomic mass is 10.0. The van der Waals surface area contributed by atoms with Gasteiger partial charge in [0.05, 0.1) is 0 Å². The van der Waals surface area contributed by atoms with Crippen molar-refractivity contribution in [3.8, 4) is 0 Å². The second kappa shape index (κ2) is 4.74. The zero-order chi connectivity index (χ0) is 10.5. The largest absolute Gasteiger partial charge is 0.207 e. The lowest BCUT2D eigenvalue weighted by Crippen LogP contribution is -1.91. The summed E-state index contributed by atoms with van der Waals surface area (Å²) in [5.74, 6) is -0.135. The van der Waals surface area contributed by atoms with Gasteiger partial charge in [0.15, 0.2) is 0 Å². The Labute approximate surface area is 89.4 Å². The van der Waals surface area contributed by atoms with Gasteiger partial charge >= 0.3 is 0 Å². The molecule has 2 aromatic rings. The van der Waals surface area contributed by atoms with E-state index in [4.69, 9.17) is 0 Å². The highest BCUT2D eigenvalue weighted by atomic mass is 19.1. The summed E-state index contributed by atoms with van der Waals surface area (Å²) in [6, 6.07) is 16.8. The van der Waals surface area contributed by atoms with Gasteiger partial charge in [0, 0.05) is 0 Å². The van der Waals surface area contributed by atoms with Crippen molar-refractivity contribution >= 4 is 0 Å². The van der Waals surface area contributed by atoms with Gasteiger partial charge in [-0.2, -0.15) is 0 Å². The molecule has 1 radical (unpaired) electrons. The number of hydrogen-bond acceptors (Lipinski definition) is 0. The minimum atomic E-state index is -0.135. The maximum Gasteiger partial charge on any atom is 0.126 e. The van der Waals surface area contributed by atoms with Crippen molar-refractivity contribution in [1.29, 1.82) is 0 Å². The first-order valence-corrected chi connectivity index (χ1v) is 4.98. The fraction of sp³-hybridized carbons (Fsp3) is 0.0714. The molecule has 0 N–H and O–H groups in total. The van der Waals surface area contributed by atoms with Crippen molar-refractivity contribution in [3.05, 3.63) is 78.0 Å². The van der Waals surface area contributed by atoms with Gasteiger partial charge in [0.1, 0.15) is 5.82 Å². The molecule has 0 aliphatic rings. The molecule has 0 saturated heterocycles. The molecular formula is C14H12F. The molecule has 0 aromatic heterocycles. The highest BCUT2D eigenvalue weighted by Crippen LogP contribution is 2.12. The lowest BCUT2D eigenvalue weighted by molar-refractivity contribution is 0.613. The average Bonchev–Trinajstić information content (AvgIpc) is 2.29. The molecule has 0 saturated carbocycles. The van der Waals surface area contributed by atoms with Crippen LogP contribution in [0.25, 0.3) is 0 Å². The molecule has 0 aliphatic carbocycles. The number of halogens is 1. The van der Waals surface area contributed by atoms with E-state index in [2.05, 4.69) is 0 Å².